The van der Waals surface area contributed by atoms with E-state index >= 15 is 0 Å². The highest BCUT2D eigenvalue weighted by Gasteiger charge is 2.27. The van der Waals surface area contributed by atoms with Crippen LogP contribution in [-0.4, -0.2) is 75.1 Å². The zero-order valence-electron chi connectivity index (χ0n) is 16.7. The lowest BCUT2D eigenvalue weighted by Gasteiger charge is -2.23. The molecule has 1 aromatic carbocycles. The molecule has 0 aliphatic carbocycles. The number of hydrogen-bond donors (Lipinski definition) is 2. The predicted molar refractivity (Wildman–Crippen MR) is 118 cm³/mol. The summed E-state index contributed by atoms with van der Waals surface area (Å²) in [5, 5.41) is 5.72. The minimum absolute atomic E-state index is 0. The average Bonchev–Trinajstić information content (AvgIpc) is 2.99. The van der Waals surface area contributed by atoms with Gasteiger partial charge >= 0.3 is 6.03 Å². The molecule has 1 heterocycles. The predicted octanol–water partition coefficient (Wildman–Crippen LogP) is 1.27. The molecule has 9 nitrogen and oxygen atoms in total. The van der Waals surface area contributed by atoms with Gasteiger partial charge in [0.05, 0.1) is 33.9 Å². The molecule has 0 saturated carbocycles. The Balaban J connectivity index is 0.00000392. The summed E-state index contributed by atoms with van der Waals surface area (Å²) in [6.07, 6.45) is 0. The van der Waals surface area contributed by atoms with E-state index in [-0.39, 0.29) is 49.0 Å². The van der Waals surface area contributed by atoms with E-state index < -0.39 is 0 Å². The van der Waals surface area contributed by atoms with Crippen molar-refractivity contribution in [2.75, 3.05) is 47.4 Å². The molecule has 1 saturated heterocycles. The number of methoxy groups -OCH3 is 2. The molecule has 0 unspecified atom stereocenters. The highest BCUT2D eigenvalue weighted by atomic mass is 127. The van der Waals surface area contributed by atoms with Crippen molar-refractivity contribution in [3.63, 3.8) is 0 Å². The number of urea groups is 1. The number of carbonyl (C=O) groups excluding carboxylic acids is 2. The van der Waals surface area contributed by atoms with E-state index in [0.29, 0.717) is 25.6 Å². The van der Waals surface area contributed by atoms with Crippen LogP contribution >= 0.6 is 24.0 Å². The lowest BCUT2D eigenvalue weighted by atomic mass is 10.2. The molecule has 0 atom stereocenters. The molecular formula is C18H28IN5O4. The van der Waals surface area contributed by atoms with Crippen LogP contribution in [0, 0.1) is 0 Å². The zero-order valence-corrected chi connectivity index (χ0v) is 19.0. The van der Waals surface area contributed by atoms with Crippen LogP contribution in [0.3, 0.4) is 0 Å². The third-order valence-corrected chi connectivity index (χ3v) is 4.12. The van der Waals surface area contributed by atoms with Crippen molar-refractivity contribution in [1.29, 1.82) is 0 Å². The maximum Gasteiger partial charge on any atom is 0.324 e. The van der Waals surface area contributed by atoms with Crippen LogP contribution in [0.4, 0.5) is 4.79 Å². The van der Waals surface area contributed by atoms with E-state index in [4.69, 9.17) is 9.47 Å². The molecule has 1 aromatic rings. The Morgan fingerprint density at radius 2 is 2.07 bits per heavy atom. The van der Waals surface area contributed by atoms with E-state index in [0.717, 1.165) is 17.1 Å². The number of imide groups is 1. The van der Waals surface area contributed by atoms with Crippen LogP contribution in [0.25, 0.3) is 0 Å². The number of nitrogens with zero attached hydrogens (tertiary/aromatic N) is 3. The molecule has 156 valence electrons. The van der Waals surface area contributed by atoms with Gasteiger partial charge in [-0.25, -0.2) is 4.79 Å². The molecule has 1 aliphatic heterocycles. The Morgan fingerprint density at radius 1 is 1.32 bits per heavy atom. The van der Waals surface area contributed by atoms with Crippen LogP contribution < -0.4 is 20.1 Å². The quantitative estimate of drug-likeness (QED) is 0.239. The summed E-state index contributed by atoms with van der Waals surface area (Å²) in [7, 11) is 5.15. The summed E-state index contributed by atoms with van der Waals surface area (Å²) in [6.45, 7) is 3.88. The normalized spacial score (nSPS) is 13.7. The molecule has 2 rings (SSSR count). The first kappa shape index (κ1) is 23.8. The smallest absolute Gasteiger partial charge is 0.324 e. The number of benzene rings is 1. The lowest BCUT2D eigenvalue weighted by Crippen LogP contribution is -2.39. The van der Waals surface area contributed by atoms with Gasteiger partial charge in [0.25, 0.3) is 0 Å². The maximum atomic E-state index is 11.6. The number of hydrogen-bond acceptors (Lipinski definition) is 5. The average molecular weight is 505 g/mol. The Bertz CT molecular complexity index is 697. The van der Waals surface area contributed by atoms with E-state index in [1.165, 1.54) is 4.90 Å². The van der Waals surface area contributed by atoms with Gasteiger partial charge in [-0.05, 0) is 19.1 Å². The van der Waals surface area contributed by atoms with Crippen molar-refractivity contribution < 1.29 is 19.1 Å². The Hall–Kier alpha value is -2.24. The summed E-state index contributed by atoms with van der Waals surface area (Å²) in [5.41, 5.74) is 0.987. The minimum Gasteiger partial charge on any atom is -0.497 e. The first-order valence-corrected chi connectivity index (χ1v) is 8.78. The van der Waals surface area contributed by atoms with Gasteiger partial charge in [-0.2, -0.15) is 0 Å². The SMILES string of the molecule is CCNC(=NCCN1C(=O)CNC1=O)N(C)Cc1ccc(OC)cc1OC.I. The molecule has 2 N–H and O–H groups in total. The molecule has 0 radical (unpaired) electrons. The summed E-state index contributed by atoms with van der Waals surface area (Å²) >= 11 is 0. The fourth-order valence-electron chi connectivity index (χ4n) is 2.72. The van der Waals surface area contributed by atoms with Crippen molar-refractivity contribution in [1.82, 2.24) is 20.4 Å². The van der Waals surface area contributed by atoms with E-state index in [1.807, 2.05) is 37.1 Å². The Labute approximate surface area is 182 Å². The first-order chi connectivity index (χ1) is 13.0. The fraction of sp³-hybridized carbons (Fsp3) is 0.500. The van der Waals surface area contributed by atoms with Crippen LogP contribution in [0.15, 0.2) is 23.2 Å². The van der Waals surface area contributed by atoms with Crippen molar-refractivity contribution in [3.8, 4) is 11.5 Å². The molecule has 1 fully saturated rings. The fourth-order valence-corrected chi connectivity index (χ4v) is 2.72. The van der Waals surface area contributed by atoms with E-state index in [9.17, 15) is 9.59 Å². The lowest BCUT2D eigenvalue weighted by molar-refractivity contribution is -0.124. The number of guanidine groups is 1. The summed E-state index contributed by atoms with van der Waals surface area (Å²) in [4.78, 5) is 30.9. The standard InChI is InChI=1S/C18H27N5O4.HI/c1-5-19-17(20-8-9-23-16(24)11-21-18(23)25)22(2)12-13-6-7-14(26-3)10-15(13)27-4;/h6-7,10H,5,8-9,11-12H2,1-4H3,(H,19,20)(H,21,25);1H. The molecule has 10 heteroatoms. The number of nitrogens with one attached hydrogen (secondary N) is 2. The number of carbonyl (C=O) groups is 2. The van der Waals surface area contributed by atoms with Crippen molar-refractivity contribution >= 4 is 41.9 Å². The van der Waals surface area contributed by atoms with E-state index in [1.54, 1.807) is 14.2 Å². The van der Waals surface area contributed by atoms with Crippen molar-refractivity contribution in [3.05, 3.63) is 23.8 Å². The van der Waals surface area contributed by atoms with Gasteiger partial charge in [0.2, 0.25) is 5.91 Å². The second-order valence-corrected chi connectivity index (χ2v) is 5.97. The van der Waals surface area contributed by atoms with Crippen molar-refractivity contribution in [2.45, 2.75) is 13.5 Å². The molecule has 1 aliphatic rings. The van der Waals surface area contributed by atoms with Crippen molar-refractivity contribution in [2.24, 2.45) is 4.99 Å². The van der Waals surface area contributed by atoms with Crippen LogP contribution in [0.5, 0.6) is 11.5 Å². The van der Waals surface area contributed by atoms with Crippen LogP contribution in [-0.2, 0) is 11.3 Å². The highest BCUT2D eigenvalue weighted by Crippen LogP contribution is 2.25. The molecule has 0 bridgehead atoms. The Kier molecular flexibility index (Phi) is 9.83. The number of aliphatic imine (C=N–C) groups is 1. The van der Waals surface area contributed by atoms with Gasteiger partial charge in [0.1, 0.15) is 11.5 Å². The van der Waals surface area contributed by atoms with Gasteiger partial charge in [-0.1, -0.05) is 0 Å². The molecule has 28 heavy (non-hydrogen) atoms. The number of halogens is 1. The molecule has 3 amide bonds. The summed E-state index contributed by atoms with van der Waals surface area (Å²) in [5.74, 6) is 1.92. The number of amides is 3. The van der Waals surface area contributed by atoms with Gasteiger partial charge in [0.15, 0.2) is 5.96 Å². The van der Waals surface area contributed by atoms with Gasteiger partial charge in [0, 0.05) is 31.8 Å². The van der Waals surface area contributed by atoms with Crippen LogP contribution in [0.1, 0.15) is 12.5 Å². The second-order valence-electron chi connectivity index (χ2n) is 5.97. The molecular weight excluding hydrogens is 477 g/mol. The Morgan fingerprint density at radius 3 is 2.64 bits per heavy atom. The minimum atomic E-state index is -0.364. The second kappa shape index (κ2) is 11.6. The maximum absolute atomic E-state index is 11.6. The van der Waals surface area contributed by atoms with Gasteiger partial charge in [-0.15, -0.1) is 24.0 Å². The van der Waals surface area contributed by atoms with Gasteiger partial charge < -0.3 is 25.0 Å². The topological polar surface area (TPSA) is 95.5 Å². The third-order valence-electron chi connectivity index (χ3n) is 4.12. The zero-order chi connectivity index (χ0) is 19.8. The number of rotatable bonds is 8. The third kappa shape index (κ3) is 6.14. The number of ether oxygens (including phenoxy) is 2. The van der Waals surface area contributed by atoms with E-state index in [2.05, 4.69) is 15.6 Å². The molecule has 0 aromatic heterocycles. The largest absolute Gasteiger partial charge is 0.497 e. The molecule has 0 spiro atoms. The summed E-state index contributed by atoms with van der Waals surface area (Å²) in [6, 6.07) is 5.31. The summed E-state index contributed by atoms with van der Waals surface area (Å²) < 4.78 is 10.7. The monoisotopic (exact) mass is 505 g/mol. The van der Waals surface area contributed by atoms with Gasteiger partial charge in [-0.3, -0.25) is 14.7 Å². The highest BCUT2D eigenvalue weighted by molar-refractivity contribution is 14.0. The first-order valence-electron chi connectivity index (χ1n) is 8.78. The van der Waals surface area contributed by atoms with Crippen LogP contribution in [0.2, 0.25) is 0 Å².